The smallest absolute Gasteiger partial charge is 0.110 e. The molecule has 0 aliphatic carbocycles. The lowest BCUT2D eigenvalue weighted by Crippen LogP contribution is -2.13. The molecule has 1 aliphatic heterocycles. The minimum Gasteiger partial charge on any atom is -0.343 e. The van der Waals surface area contributed by atoms with Gasteiger partial charge in [0.1, 0.15) is 9.52 Å². The van der Waals surface area contributed by atoms with Crippen molar-refractivity contribution in [1.29, 1.82) is 0 Å². The van der Waals surface area contributed by atoms with E-state index in [0.717, 1.165) is 5.82 Å². The molecule has 1 aliphatic rings. The average Bonchev–Trinajstić information content (AvgIpc) is 2.28. The first-order valence-corrected chi connectivity index (χ1v) is 4.50. The highest BCUT2D eigenvalue weighted by Crippen LogP contribution is 2.27. The van der Waals surface area contributed by atoms with E-state index in [9.17, 15) is 0 Å². The number of hydrogen-bond acceptors (Lipinski definition) is 2. The van der Waals surface area contributed by atoms with Crippen LogP contribution < -0.4 is 5.32 Å². The molecule has 0 aromatic heterocycles. The third kappa shape index (κ3) is 1.42. The fourth-order valence-corrected chi connectivity index (χ4v) is 1.57. The van der Waals surface area contributed by atoms with E-state index in [2.05, 4.69) is 41.4 Å². The monoisotopic (exact) mass is 262 g/mol. The second-order valence-electron chi connectivity index (χ2n) is 2.27. The zero-order chi connectivity index (χ0) is 8.43. The minimum absolute atomic E-state index is 1.09. The van der Waals surface area contributed by atoms with Crippen molar-refractivity contribution in [3.63, 3.8) is 0 Å². The Hall–Kier alpha value is -0.450. The van der Waals surface area contributed by atoms with Gasteiger partial charge >= 0.3 is 0 Å². The second-order valence-corrected chi connectivity index (χ2v) is 3.29. The third-order valence-electron chi connectivity index (χ3n) is 1.55. The van der Waals surface area contributed by atoms with Crippen molar-refractivity contribution in [2.75, 3.05) is 0 Å². The Morgan fingerprint density at radius 1 is 1.64 bits per heavy atom. The van der Waals surface area contributed by atoms with Crippen molar-refractivity contribution in [2.45, 2.75) is 13.8 Å². The number of hydrogen-bond donors (Lipinski definition) is 1. The zero-order valence-corrected chi connectivity index (χ0v) is 8.84. The van der Waals surface area contributed by atoms with E-state index in [1.807, 2.05) is 17.9 Å². The van der Waals surface area contributed by atoms with Crippen LogP contribution in [0.25, 0.3) is 0 Å². The number of rotatable bonds is 1. The lowest BCUT2D eigenvalue weighted by molar-refractivity contribution is 0.622. The maximum absolute atomic E-state index is 3.73. The topological polar surface area (TPSA) is 15.3 Å². The minimum atomic E-state index is 1.09. The molecule has 0 spiro atoms. The zero-order valence-electron chi connectivity index (χ0n) is 6.69. The molecule has 0 atom stereocenters. The molecule has 2 nitrogen and oxygen atoms in total. The van der Waals surface area contributed by atoms with Crippen molar-refractivity contribution in [3.8, 4) is 0 Å². The Labute approximate surface area is 80.8 Å². The molecule has 60 valence electrons. The van der Waals surface area contributed by atoms with Crippen LogP contribution in [0.3, 0.4) is 0 Å². The summed E-state index contributed by atoms with van der Waals surface area (Å²) in [5, 5.41) is 3.24. The molecule has 0 bridgehead atoms. The first kappa shape index (κ1) is 8.64. The lowest BCUT2D eigenvalue weighted by atomic mass is 10.5. The Balaban J connectivity index is 2.96. The number of nitrogens with one attached hydrogen (secondary N) is 1. The largest absolute Gasteiger partial charge is 0.343 e. The van der Waals surface area contributed by atoms with E-state index >= 15 is 0 Å². The van der Waals surface area contributed by atoms with Crippen LogP contribution in [0.4, 0.5) is 0 Å². The normalized spacial score (nSPS) is 21.0. The van der Waals surface area contributed by atoms with Crippen molar-refractivity contribution >= 4 is 22.6 Å². The van der Waals surface area contributed by atoms with Crippen LogP contribution in [0.15, 0.2) is 34.1 Å². The van der Waals surface area contributed by atoms with Gasteiger partial charge < -0.3 is 5.32 Å². The average molecular weight is 262 g/mol. The molecule has 0 radical (unpaired) electrons. The highest BCUT2D eigenvalue weighted by molar-refractivity contribution is 14.1. The van der Waals surface area contributed by atoms with Gasteiger partial charge in [-0.25, -0.2) is 0 Å². The summed E-state index contributed by atoms with van der Waals surface area (Å²) in [5.41, 5.74) is 1.18. The van der Waals surface area contributed by atoms with Gasteiger partial charge in [-0.05, 0) is 42.5 Å². The van der Waals surface area contributed by atoms with Gasteiger partial charge in [0.15, 0.2) is 0 Å². The quantitative estimate of drug-likeness (QED) is 0.577. The van der Waals surface area contributed by atoms with Crippen molar-refractivity contribution in [2.24, 2.45) is 0 Å². The standard InChI is InChI=1S/C8H11IN2/c1-4-7-10-6(3)8(9)11(7)5-2/h4-5,10H,2H2,1,3H3/b7-4+. The molecule has 0 fully saturated rings. The molecule has 1 heterocycles. The van der Waals surface area contributed by atoms with Crippen LogP contribution in [-0.2, 0) is 0 Å². The highest BCUT2D eigenvalue weighted by Gasteiger charge is 2.18. The number of allylic oxidation sites excluding steroid dienone is 2. The second kappa shape index (κ2) is 3.30. The first-order valence-electron chi connectivity index (χ1n) is 3.42. The Bertz CT molecular complexity index is 240. The Morgan fingerprint density at radius 3 is 2.64 bits per heavy atom. The van der Waals surface area contributed by atoms with Crippen LogP contribution in [0, 0.1) is 0 Å². The molecule has 3 heteroatoms. The highest BCUT2D eigenvalue weighted by atomic mass is 127. The van der Waals surface area contributed by atoms with Crippen LogP contribution in [0.2, 0.25) is 0 Å². The summed E-state index contributed by atoms with van der Waals surface area (Å²) in [6, 6.07) is 0. The fourth-order valence-electron chi connectivity index (χ4n) is 0.980. The summed E-state index contributed by atoms with van der Waals surface area (Å²) >= 11 is 2.29. The van der Waals surface area contributed by atoms with Gasteiger partial charge in [0.2, 0.25) is 0 Å². The van der Waals surface area contributed by atoms with Gasteiger partial charge in [-0.3, -0.25) is 4.90 Å². The number of halogens is 1. The molecule has 0 aromatic rings. The summed E-state index contributed by atoms with van der Waals surface area (Å²) in [4.78, 5) is 2.02. The van der Waals surface area contributed by atoms with Gasteiger partial charge in [-0.2, -0.15) is 0 Å². The summed E-state index contributed by atoms with van der Waals surface area (Å²) in [7, 11) is 0. The summed E-state index contributed by atoms with van der Waals surface area (Å²) in [5.74, 6) is 1.09. The lowest BCUT2D eigenvalue weighted by Gasteiger charge is -2.13. The SMILES string of the molecule is C=CN1C(I)=C(C)N/C1=C\C. The Morgan fingerprint density at radius 2 is 2.27 bits per heavy atom. The third-order valence-corrected chi connectivity index (χ3v) is 2.88. The summed E-state index contributed by atoms with van der Waals surface area (Å²) in [6.45, 7) is 7.78. The van der Waals surface area contributed by atoms with Crippen molar-refractivity contribution in [3.05, 3.63) is 34.1 Å². The summed E-state index contributed by atoms with van der Waals surface area (Å²) in [6.07, 6.45) is 3.83. The van der Waals surface area contributed by atoms with E-state index in [1.165, 1.54) is 9.40 Å². The molecule has 1 rings (SSSR count). The van der Waals surface area contributed by atoms with Crippen LogP contribution in [-0.4, -0.2) is 4.90 Å². The van der Waals surface area contributed by atoms with Crippen LogP contribution in [0.5, 0.6) is 0 Å². The molecular formula is C8H11IN2. The van der Waals surface area contributed by atoms with Crippen LogP contribution in [0.1, 0.15) is 13.8 Å². The van der Waals surface area contributed by atoms with Gasteiger partial charge in [0.05, 0.1) is 0 Å². The summed E-state index contributed by atoms with van der Waals surface area (Å²) < 4.78 is 1.19. The molecule has 1 N–H and O–H groups in total. The first-order chi connectivity index (χ1) is 5.20. The van der Waals surface area contributed by atoms with Gasteiger partial charge in [0.25, 0.3) is 0 Å². The van der Waals surface area contributed by atoms with Gasteiger partial charge in [-0.1, -0.05) is 6.58 Å². The van der Waals surface area contributed by atoms with Gasteiger partial charge in [-0.15, -0.1) is 0 Å². The van der Waals surface area contributed by atoms with Crippen molar-refractivity contribution in [1.82, 2.24) is 10.2 Å². The van der Waals surface area contributed by atoms with Gasteiger partial charge in [0, 0.05) is 11.9 Å². The Kier molecular flexibility index (Phi) is 2.59. The molecular weight excluding hydrogens is 251 g/mol. The maximum Gasteiger partial charge on any atom is 0.110 e. The maximum atomic E-state index is 3.73. The van der Waals surface area contributed by atoms with E-state index < -0.39 is 0 Å². The molecule has 0 saturated heterocycles. The predicted molar refractivity (Wildman–Crippen MR) is 55.6 cm³/mol. The fraction of sp³-hybridized carbons (Fsp3) is 0.250. The predicted octanol–water partition coefficient (Wildman–Crippen LogP) is 2.52. The molecule has 0 unspecified atom stereocenters. The van der Waals surface area contributed by atoms with Crippen LogP contribution >= 0.6 is 22.6 Å². The van der Waals surface area contributed by atoms with Crippen molar-refractivity contribution < 1.29 is 0 Å². The van der Waals surface area contributed by atoms with E-state index in [1.54, 1.807) is 6.20 Å². The molecule has 0 saturated carbocycles. The van der Waals surface area contributed by atoms with E-state index in [-0.39, 0.29) is 0 Å². The van der Waals surface area contributed by atoms with E-state index in [4.69, 9.17) is 0 Å². The molecule has 0 amide bonds. The molecule has 0 aromatic carbocycles. The molecule has 11 heavy (non-hydrogen) atoms. The number of nitrogens with zero attached hydrogens (tertiary/aromatic N) is 1. The van der Waals surface area contributed by atoms with E-state index in [0.29, 0.717) is 0 Å².